The highest BCUT2D eigenvalue weighted by Gasteiger charge is 2.21. The third-order valence-corrected chi connectivity index (χ3v) is 2.38. The van der Waals surface area contributed by atoms with Gasteiger partial charge in [-0.1, -0.05) is 17.2 Å². The van der Waals surface area contributed by atoms with E-state index in [0.717, 1.165) is 0 Å². The first kappa shape index (κ1) is 11.6. The number of hydrogen-bond acceptors (Lipinski definition) is 4. The molecule has 88 valence electrons. The monoisotopic (exact) mass is 234 g/mol. The molecule has 0 fully saturated rings. The molecule has 2 rings (SSSR count). The second-order valence-electron chi connectivity index (χ2n) is 3.59. The normalized spacial score (nSPS) is 23.4. The average molecular weight is 234 g/mol. The maximum absolute atomic E-state index is 12.8. The fraction of sp³-hybridized carbons (Fsp3) is 0.182. The molecule has 5 nitrogen and oxygen atoms in total. The third-order valence-electron chi connectivity index (χ3n) is 2.38. The molecule has 0 saturated carbocycles. The van der Waals surface area contributed by atoms with Crippen molar-refractivity contribution in [2.75, 3.05) is 13.6 Å². The first-order chi connectivity index (χ1) is 8.13. The summed E-state index contributed by atoms with van der Waals surface area (Å²) in [5.41, 5.74) is 1.27. The topological polar surface area (TPSA) is 60.1 Å². The first-order valence-corrected chi connectivity index (χ1v) is 5.02. The molecule has 0 N–H and O–H groups in total. The van der Waals surface area contributed by atoms with Gasteiger partial charge >= 0.3 is 0 Å². The van der Waals surface area contributed by atoms with E-state index in [-0.39, 0.29) is 12.4 Å². The summed E-state index contributed by atoms with van der Waals surface area (Å²) < 4.78 is 11.9. The minimum atomic E-state index is -0.913. The summed E-state index contributed by atoms with van der Waals surface area (Å²) in [4.78, 5) is 7.70. The summed E-state index contributed by atoms with van der Waals surface area (Å²) >= 11 is 0. The second kappa shape index (κ2) is 4.52. The number of halogens is 1. The Bertz CT molecular complexity index is 481. The quantitative estimate of drug-likeness (QED) is 0.444. The number of rotatable bonds is 3. The van der Waals surface area contributed by atoms with Crippen molar-refractivity contribution in [1.82, 2.24) is 0 Å². The largest absolute Gasteiger partial charge is 0.598 e. The van der Waals surface area contributed by atoms with E-state index in [1.807, 2.05) is 0 Å². The highest BCUT2D eigenvalue weighted by Crippen LogP contribution is 2.11. The lowest BCUT2D eigenvalue weighted by molar-refractivity contribution is -0.775. The molecule has 0 spiro atoms. The van der Waals surface area contributed by atoms with Gasteiger partial charge in [0.2, 0.25) is 6.34 Å². The van der Waals surface area contributed by atoms with E-state index in [0.29, 0.717) is 11.3 Å². The lowest BCUT2D eigenvalue weighted by Crippen LogP contribution is -2.38. The van der Waals surface area contributed by atoms with Crippen LogP contribution in [0.3, 0.4) is 0 Å². The van der Waals surface area contributed by atoms with Gasteiger partial charge in [-0.15, -0.1) is 0 Å². The molecule has 17 heavy (non-hydrogen) atoms. The smallest absolute Gasteiger partial charge is 0.219 e. The summed E-state index contributed by atoms with van der Waals surface area (Å²) in [5, 5.41) is 15.6. The van der Waals surface area contributed by atoms with Crippen LogP contribution in [0.25, 0.3) is 0 Å². The summed E-state index contributed by atoms with van der Waals surface area (Å²) in [6.45, 7) is 0.0438. The molecule has 1 unspecified atom stereocenters. The van der Waals surface area contributed by atoms with Crippen LogP contribution in [0.4, 0.5) is 4.39 Å². The van der Waals surface area contributed by atoms with Gasteiger partial charge in [-0.25, -0.2) is 4.39 Å². The summed E-state index contributed by atoms with van der Waals surface area (Å²) in [5.74, 6) is -0.323. The molecule has 0 aromatic heterocycles. The van der Waals surface area contributed by atoms with Gasteiger partial charge in [0.25, 0.3) is 0 Å². The fourth-order valence-electron chi connectivity index (χ4n) is 1.51. The highest BCUT2D eigenvalue weighted by atomic mass is 19.1. The van der Waals surface area contributed by atoms with Gasteiger partial charge in [0.1, 0.15) is 5.82 Å². The van der Waals surface area contributed by atoms with Crippen LogP contribution in [-0.2, 0) is 0 Å². The van der Waals surface area contributed by atoms with Crippen molar-refractivity contribution in [2.24, 2.45) is 15.1 Å². The Kier molecular flexibility index (Phi) is 3.08. The molecule has 0 aliphatic carbocycles. The van der Waals surface area contributed by atoms with Gasteiger partial charge in [0.15, 0.2) is 12.9 Å². The predicted octanol–water partition coefficient (Wildman–Crippen LogP) is 1.54. The Morgan fingerprint density at radius 2 is 2.12 bits per heavy atom. The van der Waals surface area contributed by atoms with E-state index in [1.54, 1.807) is 19.2 Å². The summed E-state index contributed by atoms with van der Waals surface area (Å²) in [6.07, 6.45) is 2.40. The Hall–Kier alpha value is -1.92. The molecule has 6 heteroatoms. The third kappa shape index (κ3) is 2.61. The van der Waals surface area contributed by atoms with E-state index in [4.69, 9.17) is 0 Å². The maximum atomic E-state index is 12.8. The van der Waals surface area contributed by atoms with Crippen LogP contribution in [0.1, 0.15) is 5.56 Å². The number of hydroxylamine groups is 2. The van der Waals surface area contributed by atoms with E-state index in [9.17, 15) is 9.60 Å². The molecule has 0 bridgehead atoms. The first-order valence-electron chi connectivity index (χ1n) is 5.02. The second-order valence-corrected chi connectivity index (χ2v) is 3.59. The summed E-state index contributed by atoms with van der Waals surface area (Å²) in [6, 6.07) is 5.83. The molecule has 0 saturated heterocycles. The highest BCUT2D eigenvalue weighted by molar-refractivity contribution is 6.02. The van der Waals surface area contributed by atoms with E-state index in [1.165, 1.54) is 24.8 Å². The Balaban J connectivity index is 2.21. The molecule has 1 aliphatic rings. The van der Waals surface area contributed by atoms with Crippen LogP contribution in [0, 0.1) is 11.0 Å². The van der Waals surface area contributed by atoms with Crippen LogP contribution in [-0.4, -0.2) is 36.7 Å². The number of nitrogens with zero attached hydrogens (tertiary/aromatic N) is 4. The van der Waals surface area contributed by atoms with E-state index in [2.05, 4.69) is 15.1 Å². The van der Waals surface area contributed by atoms with Gasteiger partial charge < -0.3 is 5.21 Å². The van der Waals surface area contributed by atoms with E-state index < -0.39 is 4.76 Å². The zero-order chi connectivity index (χ0) is 12.3. The van der Waals surface area contributed by atoms with Crippen LogP contribution in [0.15, 0.2) is 39.4 Å². The van der Waals surface area contributed by atoms with Crippen molar-refractivity contribution in [3.63, 3.8) is 0 Å². The number of benzene rings is 1. The molecule has 0 amide bonds. The van der Waals surface area contributed by atoms with Crippen LogP contribution in [0.2, 0.25) is 0 Å². The molecular weight excluding hydrogens is 223 g/mol. The molecule has 1 heterocycles. The zero-order valence-corrected chi connectivity index (χ0v) is 9.25. The van der Waals surface area contributed by atoms with Gasteiger partial charge in [-0.3, -0.25) is 4.99 Å². The molecular formula is C11H11FN4O. The van der Waals surface area contributed by atoms with Crippen molar-refractivity contribution in [1.29, 1.82) is 0 Å². The van der Waals surface area contributed by atoms with Gasteiger partial charge in [0, 0.05) is 12.6 Å². The average Bonchev–Trinajstić information content (AvgIpc) is 2.75. The maximum Gasteiger partial charge on any atom is 0.219 e. The molecule has 1 aromatic rings. The van der Waals surface area contributed by atoms with Gasteiger partial charge in [0.05, 0.1) is 5.71 Å². The van der Waals surface area contributed by atoms with Crippen molar-refractivity contribution in [3.05, 3.63) is 40.9 Å². The van der Waals surface area contributed by atoms with Crippen LogP contribution < -0.4 is 0 Å². The molecule has 1 aromatic carbocycles. The van der Waals surface area contributed by atoms with Gasteiger partial charge in [-0.05, 0) is 12.1 Å². The SMILES string of the molecule is CN=C(C[N+]1([O-])C=NC=N1)c1ccc(F)cc1. The lowest BCUT2D eigenvalue weighted by atomic mass is 10.1. The molecule has 1 aliphatic heterocycles. The van der Waals surface area contributed by atoms with Gasteiger partial charge in [-0.2, -0.15) is 9.75 Å². The zero-order valence-electron chi connectivity index (χ0n) is 9.25. The minimum Gasteiger partial charge on any atom is -0.598 e. The number of hydrogen-bond donors (Lipinski definition) is 0. The summed E-state index contributed by atoms with van der Waals surface area (Å²) in [7, 11) is 1.59. The Morgan fingerprint density at radius 1 is 1.41 bits per heavy atom. The number of quaternary nitrogens is 1. The molecule has 1 atom stereocenters. The van der Waals surface area contributed by atoms with Crippen LogP contribution >= 0.6 is 0 Å². The standard InChI is InChI=1S/C11H11FN4O/c1-13-11(6-16(17)8-14-7-15-16)9-2-4-10(12)5-3-9/h2-5,7-8H,6H2,1H3. The Labute approximate surface area is 97.8 Å². The minimum absolute atomic E-state index is 0.0438. The van der Waals surface area contributed by atoms with Crippen molar-refractivity contribution >= 4 is 18.4 Å². The lowest BCUT2D eigenvalue weighted by Gasteiger charge is -2.27. The molecule has 0 radical (unpaired) electrons. The fourth-order valence-corrected chi connectivity index (χ4v) is 1.51. The van der Waals surface area contributed by atoms with Crippen molar-refractivity contribution in [3.8, 4) is 0 Å². The van der Waals surface area contributed by atoms with Crippen LogP contribution in [0.5, 0.6) is 0 Å². The van der Waals surface area contributed by atoms with Crippen molar-refractivity contribution < 1.29 is 9.15 Å². The Morgan fingerprint density at radius 3 is 2.65 bits per heavy atom. The van der Waals surface area contributed by atoms with E-state index >= 15 is 0 Å². The van der Waals surface area contributed by atoms with Crippen molar-refractivity contribution in [2.45, 2.75) is 0 Å². The number of aliphatic imine (C=N–C) groups is 2. The predicted molar refractivity (Wildman–Crippen MR) is 64.3 cm³/mol.